The molecule has 0 bridgehead atoms. The van der Waals surface area contributed by atoms with Gasteiger partial charge in [-0.25, -0.2) is 9.97 Å². The van der Waals surface area contributed by atoms with Crippen molar-refractivity contribution in [3.8, 4) is 28.3 Å². The standard InChI is InChI=1S/C50H35N3O/c1-4-13-32(14-5-1)35-23-26-38-39-27-24-36(33-15-6-2-7-16-33)30-46(39)53(45(38)29-35)44-22-12-20-41-40-28-25-37(31-47(40)54-49(41)44)50-51-43-21-11-10-19-42(43)48(52-50)34-17-8-3-9-18-34/h1,3-4,6,8-13,15-31H,2,5,7,14H2. The van der Waals surface area contributed by atoms with E-state index in [4.69, 9.17) is 14.4 Å². The lowest BCUT2D eigenvalue weighted by molar-refractivity contribution is 0.666. The highest BCUT2D eigenvalue weighted by molar-refractivity contribution is 6.14. The second-order valence-electron chi connectivity index (χ2n) is 14.3. The molecule has 4 heteroatoms. The lowest BCUT2D eigenvalue weighted by Crippen LogP contribution is -1.96. The summed E-state index contributed by atoms with van der Waals surface area (Å²) in [4.78, 5) is 10.2. The number of aromatic nitrogens is 3. The maximum Gasteiger partial charge on any atom is 0.160 e. The molecule has 2 aliphatic carbocycles. The molecule has 0 amide bonds. The molecular weight excluding hydrogens is 659 g/mol. The zero-order chi connectivity index (χ0) is 35.6. The van der Waals surface area contributed by atoms with Gasteiger partial charge in [0.2, 0.25) is 0 Å². The van der Waals surface area contributed by atoms with Gasteiger partial charge in [-0.2, -0.15) is 0 Å². The first-order valence-electron chi connectivity index (χ1n) is 18.9. The van der Waals surface area contributed by atoms with E-state index < -0.39 is 0 Å². The number of rotatable bonds is 5. The normalized spacial score (nSPS) is 14.4. The van der Waals surface area contributed by atoms with E-state index >= 15 is 0 Å². The summed E-state index contributed by atoms with van der Waals surface area (Å²) in [6.07, 6.45) is 17.9. The van der Waals surface area contributed by atoms with Crippen LogP contribution in [0.15, 0.2) is 168 Å². The highest BCUT2D eigenvalue weighted by Crippen LogP contribution is 2.41. The van der Waals surface area contributed by atoms with Gasteiger partial charge in [0, 0.05) is 38.1 Å². The Balaban J connectivity index is 1.13. The van der Waals surface area contributed by atoms with Gasteiger partial charge in [0.1, 0.15) is 5.58 Å². The molecule has 9 aromatic rings. The largest absolute Gasteiger partial charge is 0.454 e. The van der Waals surface area contributed by atoms with Gasteiger partial charge < -0.3 is 8.98 Å². The third-order valence-corrected chi connectivity index (χ3v) is 11.1. The minimum Gasteiger partial charge on any atom is -0.454 e. The second-order valence-corrected chi connectivity index (χ2v) is 14.3. The molecule has 0 radical (unpaired) electrons. The summed E-state index contributed by atoms with van der Waals surface area (Å²) in [5.41, 5.74) is 14.0. The average molecular weight is 694 g/mol. The summed E-state index contributed by atoms with van der Waals surface area (Å²) in [5, 5.41) is 5.65. The lowest BCUT2D eigenvalue weighted by Gasteiger charge is -2.12. The van der Waals surface area contributed by atoms with Gasteiger partial charge in [-0.05, 0) is 84.4 Å². The van der Waals surface area contributed by atoms with Crippen molar-refractivity contribution in [2.75, 3.05) is 0 Å². The van der Waals surface area contributed by atoms with E-state index in [1.165, 1.54) is 44.1 Å². The number of nitrogens with zero attached hydrogens (tertiary/aromatic N) is 3. The highest BCUT2D eigenvalue weighted by Gasteiger charge is 2.20. The monoisotopic (exact) mass is 693 g/mol. The molecule has 3 heterocycles. The van der Waals surface area contributed by atoms with Crippen LogP contribution in [-0.2, 0) is 0 Å². The molecule has 6 aromatic carbocycles. The maximum atomic E-state index is 6.94. The fourth-order valence-electron chi connectivity index (χ4n) is 8.45. The van der Waals surface area contributed by atoms with Crippen LogP contribution in [0.3, 0.4) is 0 Å². The van der Waals surface area contributed by atoms with Gasteiger partial charge in [0.05, 0.1) is 27.9 Å². The average Bonchev–Trinajstić information content (AvgIpc) is 3.79. The fourth-order valence-corrected chi connectivity index (χ4v) is 8.45. The number of fused-ring (bicyclic) bond motifs is 7. The van der Waals surface area contributed by atoms with Crippen LogP contribution in [0.5, 0.6) is 0 Å². The van der Waals surface area contributed by atoms with E-state index in [9.17, 15) is 0 Å². The first-order chi connectivity index (χ1) is 26.8. The van der Waals surface area contributed by atoms with E-state index in [2.05, 4.69) is 150 Å². The molecule has 0 unspecified atom stereocenters. The SMILES string of the molecule is C1=CCCC(c2ccc3c4ccc(C5=CCCC=C5)cc4n(-c4cccc5c4oc4cc(-c6nc(-c7ccccc7)c7ccccc7n6)ccc45)c3c2)=C1. The van der Waals surface area contributed by atoms with Crippen molar-refractivity contribution in [2.24, 2.45) is 0 Å². The number of para-hydroxylation sites is 2. The molecule has 3 aromatic heterocycles. The molecule has 0 saturated carbocycles. The van der Waals surface area contributed by atoms with Crippen LogP contribution in [0.4, 0.5) is 0 Å². The molecule has 0 spiro atoms. The van der Waals surface area contributed by atoms with Crippen molar-refractivity contribution in [3.63, 3.8) is 0 Å². The predicted molar refractivity (Wildman–Crippen MR) is 225 cm³/mol. The zero-order valence-electron chi connectivity index (χ0n) is 29.7. The smallest absolute Gasteiger partial charge is 0.160 e. The van der Waals surface area contributed by atoms with E-state index in [1.54, 1.807) is 0 Å². The van der Waals surface area contributed by atoms with E-state index in [0.717, 1.165) is 81.0 Å². The Kier molecular flexibility index (Phi) is 7.09. The molecule has 54 heavy (non-hydrogen) atoms. The van der Waals surface area contributed by atoms with Gasteiger partial charge in [-0.15, -0.1) is 0 Å². The minimum atomic E-state index is 0.676. The Morgan fingerprint density at radius 3 is 2.17 bits per heavy atom. The first-order valence-corrected chi connectivity index (χ1v) is 18.9. The summed E-state index contributed by atoms with van der Waals surface area (Å²) in [5.74, 6) is 0.676. The number of hydrogen-bond donors (Lipinski definition) is 0. The Labute approximate surface area is 312 Å². The Bertz CT molecular complexity index is 3100. The Morgan fingerprint density at radius 1 is 0.556 bits per heavy atom. The van der Waals surface area contributed by atoms with Gasteiger partial charge in [-0.3, -0.25) is 0 Å². The summed E-state index contributed by atoms with van der Waals surface area (Å²) in [6, 6.07) is 45.4. The van der Waals surface area contributed by atoms with Crippen LogP contribution >= 0.6 is 0 Å². The number of hydrogen-bond acceptors (Lipinski definition) is 3. The van der Waals surface area contributed by atoms with Crippen LogP contribution in [0.1, 0.15) is 36.8 Å². The van der Waals surface area contributed by atoms with E-state index in [1.807, 2.05) is 18.2 Å². The third kappa shape index (κ3) is 4.98. The Morgan fingerprint density at radius 2 is 1.33 bits per heavy atom. The topological polar surface area (TPSA) is 43.9 Å². The molecule has 4 nitrogen and oxygen atoms in total. The molecule has 2 aliphatic rings. The molecule has 0 fully saturated rings. The fraction of sp³-hybridized carbons (Fsp3) is 0.0800. The predicted octanol–water partition coefficient (Wildman–Crippen LogP) is 13.4. The van der Waals surface area contributed by atoms with Crippen molar-refractivity contribution in [3.05, 3.63) is 175 Å². The molecule has 0 saturated heterocycles. The van der Waals surface area contributed by atoms with Crippen LogP contribution in [0, 0.1) is 0 Å². The van der Waals surface area contributed by atoms with E-state index in [-0.39, 0.29) is 0 Å². The van der Waals surface area contributed by atoms with Gasteiger partial charge in [-0.1, -0.05) is 127 Å². The quantitative estimate of drug-likeness (QED) is 0.180. The number of furan rings is 1. The summed E-state index contributed by atoms with van der Waals surface area (Å²) in [6.45, 7) is 0. The van der Waals surface area contributed by atoms with E-state index in [0.29, 0.717) is 5.82 Å². The summed E-state index contributed by atoms with van der Waals surface area (Å²) >= 11 is 0. The zero-order valence-corrected chi connectivity index (χ0v) is 29.7. The maximum absolute atomic E-state index is 6.94. The molecular formula is C50H35N3O. The number of benzene rings is 6. The third-order valence-electron chi connectivity index (χ3n) is 11.1. The Hall–Kier alpha value is -6.78. The summed E-state index contributed by atoms with van der Waals surface area (Å²) in [7, 11) is 0. The molecule has 0 aliphatic heterocycles. The summed E-state index contributed by atoms with van der Waals surface area (Å²) < 4.78 is 9.37. The number of allylic oxidation sites excluding steroid dienone is 8. The van der Waals surface area contributed by atoms with Crippen molar-refractivity contribution < 1.29 is 4.42 Å². The molecule has 11 rings (SSSR count). The van der Waals surface area contributed by atoms with Crippen LogP contribution in [-0.4, -0.2) is 14.5 Å². The molecule has 256 valence electrons. The van der Waals surface area contributed by atoms with Gasteiger partial charge >= 0.3 is 0 Å². The first kappa shape index (κ1) is 30.8. The lowest BCUT2D eigenvalue weighted by atomic mass is 9.96. The van der Waals surface area contributed by atoms with Crippen molar-refractivity contribution in [1.29, 1.82) is 0 Å². The van der Waals surface area contributed by atoms with Gasteiger partial charge in [0.15, 0.2) is 11.4 Å². The van der Waals surface area contributed by atoms with Crippen molar-refractivity contribution in [1.82, 2.24) is 14.5 Å². The minimum absolute atomic E-state index is 0.676. The van der Waals surface area contributed by atoms with Crippen LogP contribution < -0.4 is 0 Å². The van der Waals surface area contributed by atoms with Crippen LogP contribution in [0.2, 0.25) is 0 Å². The van der Waals surface area contributed by atoms with Crippen molar-refractivity contribution >= 4 is 65.8 Å². The molecule has 0 atom stereocenters. The van der Waals surface area contributed by atoms with Crippen LogP contribution in [0.25, 0.3) is 94.1 Å². The second kappa shape index (κ2) is 12.4. The highest BCUT2D eigenvalue weighted by atomic mass is 16.3. The molecule has 0 N–H and O–H groups in total. The van der Waals surface area contributed by atoms with Gasteiger partial charge in [0.25, 0.3) is 0 Å². The van der Waals surface area contributed by atoms with Crippen molar-refractivity contribution in [2.45, 2.75) is 25.7 Å².